The van der Waals surface area contributed by atoms with Gasteiger partial charge in [0.1, 0.15) is 0 Å². The Morgan fingerprint density at radius 3 is 2.42 bits per heavy atom. The first-order valence-corrected chi connectivity index (χ1v) is 6.90. The Balaban J connectivity index is 2.07. The van der Waals surface area contributed by atoms with E-state index in [-0.39, 0.29) is 5.78 Å². The monoisotopic (exact) mass is 279 g/mol. The van der Waals surface area contributed by atoms with Crippen LogP contribution < -0.4 is 5.43 Å². The Morgan fingerprint density at radius 2 is 1.84 bits per heavy atom. The van der Waals surface area contributed by atoms with E-state index in [2.05, 4.69) is 15.4 Å². The van der Waals surface area contributed by atoms with Crippen molar-refractivity contribution < 1.29 is 4.79 Å². The zero-order chi connectivity index (χ0) is 13.7. The number of likely N-dealkylation sites (tertiary alicyclic amines) is 1. The number of carbonyl (C=O) groups is 1. The number of amidine groups is 1. The summed E-state index contributed by atoms with van der Waals surface area (Å²) < 4.78 is 0. The number of anilines is 1. The number of nitrogens with zero attached hydrogens (tertiary/aromatic N) is 2. The lowest BCUT2D eigenvalue weighted by Crippen LogP contribution is -2.39. The molecule has 1 aliphatic heterocycles. The number of piperidine rings is 1. The molecule has 102 valence electrons. The van der Waals surface area contributed by atoms with Crippen molar-refractivity contribution in [2.45, 2.75) is 26.2 Å². The van der Waals surface area contributed by atoms with Gasteiger partial charge in [-0.2, -0.15) is 5.10 Å². The molecule has 0 spiro atoms. The summed E-state index contributed by atoms with van der Waals surface area (Å²) in [6.45, 7) is 3.36. The molecule has 2 rings (SSSR count). The molecule has 0 amide bonds. The van der Waals surface area contributed by atoms with Crippen LogP contribution in [0.2, 0.25) is 5.02 Å². The number of carbonyl (C=O) groups excluding carboxylic acids is 1. The Labute approximate surface area is 118 Å². The molecule has 1 aromatic rings. The molecular formula is C14H18ClN3O. The van der Waals surface area contributed by atoms with E-state index in [1.165, 1.54) is 6.42 Å². The van der Waals surface area contributed by atoms with Crippen molar-refractivity contribution >= 4 is 28.9 Å². The number of Topliss-reactive ketones (excluding diaryl/α,β-unsaturated/α-hetero) is 1. The highest BCUT2D eigenvalue weighted by Gasteiger charge is 2.18. The van der Waals surface area contributed by atoms with Crippen molar-refractivity contribution in [3.05, 3.63) is 29.3 Å². The molecule has 0 aromatic heterocycles. The van der Waals surface area contributed by atoms with Gasteiger partial charge in [0, 0.05) is 25.0 Å². The van der Waals surface area contributed by atoms with Gasteiger partial charge in [0.25, 0.3) is 0 Å². The molecule has 1 saturated heterocycles. The lowest BCUT2D eigenvalue weighted by molar-refractivity contribution is -0.111. The van der Waals surface area contributed by atoms with Gasteiger partial charge in [0.15, 0.2) is 11.6 Å². The second-order valence-electron chi connectivity index (χ2n) is 4.66. The average molecular weight is 280 g/mol. The highest BCUT2D eigenvalue weighted by molar-refractivity contribution is 6.37. The molecule has 0 saturated carbocycles. The Morgan fingerprint density at radius 1 is 1.21 bits per heavy atom. The summed E-state index contributed by atoms with van der Waals surface area (Å²) in [5.74, 6) is 0.498. The molecule has 1 aromatic carbocycles. The van der Waals surface area contributed by atoms with Gasteiger partial charge in [-0.3, -0.25) is 10.2 Å². The van der Waals surface area contributed by atoms with Crippen molar-refractivity contribution in [1.82, 2.24) is 4.90 Å². The molecule has 0 aliphatic carbocycles. The largest absolute Gasteiger partial charge is 0.352 e. The van der Waals surface area contributed by atoms with Crippen LogP contribution in [0.1, 0.15) is 26.2 Å². The van der Waals surface area contributed by atoms with Crippen molar-refractivity contribution in [3.63, 3.8) is 0 Å². The van der Waals surface area contributed by atoms with E-state index in [0.29, 0.717) is 10.9 Å². The van der Waals surface area contributed by atoms with E-state index in [4.69, 9.17) is 11.6 Å². The molecule has 19 heavy (non-hydrogen) atoms. The zero-order valence-electron chi connectivity index (χ0n) is 11.0. The first-order valence-electron chi connectivity index (χ1n) is 6.52. The summed E-state index contributed by atoms with van der Waals surface area (Å²) in [6, 6.07) is 7.24. The second kappa shape index (κ2) is 6.57. The van der Waals surface area contributed by atoms with E-state index in [1.54, 1.807) is 19.1 Å². The van der Waals surface area contributed by atoms with E-state index >= 15 is 0 Å². The Hall–Kier alpha value is -1.55. The summed E-state index contributed by atoms with van der Waals surface area (Å²) in [5, 5.41) is 4.92. The Kier molecular flexibility index (Phi) is 4.80. The molecule has 1 aliphatic rings. The molecule has 1 N–H and O–H groups in total. The maximum absolute atomic E-state index is 11.7. The maximum Gasteiger partial charge on any atom is 0.196 e. The minimum atomic E-state index is -0.0108. The van der Waals surface area contributed by atoms with Crippen molar-refractivity contribution in [2.24, 2.45) is 5.10 Å². The summed E-state index contributed by atoms with van der Waals surface area (Å²) in [5.41, 5.74) is 3.74. The molecule has 0 unspecified atom stereocenters. The van der Waals surface area contributed by atoms with Crippen LogP contribution in [0.3, 0.4) is 0 Å². The first kappa shape index (κ1) is 13.9. The third-order valence-electron chi connectivity index (χ3n) is 3.11. The number of nitrogens with one attached hydrogen (secondary N) is 1. The van der Waals surface area contributed by atoms with Crippen molar-refractivity contribution in [2.75, 3.05) is 18.5 Å². The fraction of sp³-hybridized carbons (Fsp3) is 0.429. The minimum Gasteiger partial charge on any atom is -0.352 e. The van der Waals surface area contributed by atoms with Gasteiger partial charge < -0.3 is 4.90 Å². The van der Waals surface area contributed by atoms with Gasteiger partial charge >= 0.3 is 0 Å². The van der Waals surface area contributed by atoms with Gasteiger partial charge in [0.05, 0.1) is 5.69 Å². The summed E-state index contributed by atoms with van der Waals surface area (Å²) in [4.78, 5) is 13.7. The normalized spacial score (nSPS) is 16.3. The number of halogens is 1. The van der Waals surface area contributed by atoms with Crippen LogP contribution in [0.15, 0.2) is 29.4 Å². The first-order chi connectivity index (χ1) is 9.16. The third kappa shape index (κ3) is 3.96. The van der Waals surface area contributed by atoms with Crippen LogP contribution in [-0.2, 0) is 4.79 Å². The lowest BCUT2D eigenvalue weighted by atomic mass is 10.1. The number of ketones is 1. The smallest absolute Gasteiger partial charge is 0.196 e. The molecule has 0 radical (unpaired) electrons. The summed E-state index contributed by atoms with van der Waals surface area (Å²) in [7, 11) is 0. The van der Waals surface area contributed by atoms with E-state index < -0.39 is 0 Å². The number of rotatable bonds is 3. The van der Waals surface area contributed by atoms with Crippen molar-refractivity contribution in [1.29, 1.82) is 0 Å². The minimum absolute atomic E-state index is 0.0108. The fourth-order valence-corrected chi connectivity index (χ4v) is 2.25. The quantitative estimate of drug-likeness (QED) is 0.525. The van der Waals surface area contributed by atoms with E-state index in [0.717, 1.165) is 31.6 Å². The van der Waals surface area contributed by atoms with Gasteiger partial charge in [-0.05, 0) is 43.5 Å². The fourth-order valence-electron chi connectivity index (χ4n) is 2.12. The van der Waals surface area contributed by atoms with Gasteiger partial charge in [-0.1, -0.05) is 11.6 Å². The molecule has 5 heteroatoms. The molecule has 1 fully saturated rings. The van der Waals surface area contributed by atoms with Crippen LogP contribution in [0, 0.1) is 0 Å². The second-order valence-corrected chi connectivity index (χ2v) is 5.09. The standard InChI is InChI=1S/C14H18ClN3O/c1-11(19)14(18-9-3-2-4-10-18)17-16-13-7-5-12(15)6-8-13/h5-8,16H,2-4,9-10H2,1H3/b17-14-. The van der Waals surface area contributed by atoms with E-state index in [9.17, 15) is 4.79 Å². The number of hydrogen-bond acceptors (Lipinski definition) is 3. The maximum atomic E-state index is 11.7. The predicted molar refractivity (Wildman–Crippen MR) is 78.6 cm³/mol. The topological polar surface area (TPSA) is 44.7 Å². The van der Waals surface area contributed by atoms with Gasteiger partial charge in [-0.15, -0.1) is 0 Å². The third-order valence-corrected chi connectivity index (χ3v) is 3.36. The van der Waals surface area contributed by atoms with E-state index in [1.807, 2.05) is 12.1 Å². The molecule has 0 bridgehead atoms. The molecule has 4 nitrogen and oxygen atoms in total. The average Bonchev–Trinajstić information content (AvgIpc) is 2.42. The van der Waals surface area contributed by atoms with Crippen LogP contribution >= 0.6 is 11.6 Å². The van der Waals surface area contributed by atoms with Crippen LogP contribution in [0.5, 0.6) is 0 Å². The number of hydrogen-bond donors (Lipinski definition) is 1. The van der Waals surface area contributed by atoms with Gasteiger partial charge in [0.2, 0.25) is 0 Å². The SMILES string of the molecule is CC(=O)/C(=N/Nc1ccc(Cl)cc1)N1CCCCC1. The van der Waals surface area contributed by atoms with Crippen molar-refractivity contribution in [3.8, 4) is 0 Å². The number of benzene rings is 1. The summed E-state index contributed by atoms with van der Waals surface area (Å²) in [6.07, 6.45) is 3.47. The van der Waals surface area contributed by atoms with Crippen LogP contribution in [0.4, 0.5) is 5.69 Å². The zero-order valence-corrected chi connectivity index (χ0v) is 11.8. The van der Waals surface area contributed by atoms with Crippen LogP contribution in [0.25, 0.3) is 0 Å². The molecule has 0 atom stereocenters. The van der Waals surface area contributed by atoms with Crippen LogP contribution in [-0.4, -0.2) is 29.6 Å². The molecule has 1 heterocycles. The highest BCUT2D eigenvalue weighted by atomic mass is 35.5. The predicted octanol–water partition coefficient (Wildman–Crippen LogP) is 3.14. The van der Waals surface area contributed by atoms with Gasteiger partial charge in [-0.25, -0.2) is 0 Å². The Bertz CT molecular complexity index is 464. The lowest BCUT2D eigenvalue weighted by Gasteiger charge is -2.28. The summed E-state index contributed by atoms with van der Waals surface area (Å²) >= 11 is 5.82. The number of hydrazone groups is 1. The highest BCUT2D eigenvalue weighted by Crippen LogP contribution is 2.14. The molecular weight excluding hydrogens is 262 g/mol.